The van der Waals surface area contributed by atoms with Crippen LogP contribution in [0.25, 0.3) is 0 Å². The van der Waals surface area contributed by atoms with Gasteiger partial charge in [0.05, 0.1) is 14.2 Å². The molecular weight excluding hydrogens is 244 g/mol. The molecule has 2 rings (SSSR count). The van der Waals surface area contributed by atoms with Crippen LogP contribution in [0, 0.1) is 11.3 Å². The van der Waals surface area contributed by atoms with Crippen molar-refractivity contribution >= 4 is 0 Å². The summed E-state index contributed by atoms with van der Waals surface area (Å²) in [6, 6.07) is 6.40. The molecule has 0 atom stereocenters. The maximum atomic E-state index is 8.59. The Morgan fingerprint density at radius 3 is 2.37 bits per heavy atom. The van der Waals surface area contributed by atoms with Crippen molar-refractivity contribution in [2.24, 2.45) is 0 Å². The van der Waals surface area contributed by atoms with Crippen LogP contribution < -0.4 is 19.5 Å². The van der Waals surface area contributed by atoms with Crippen LogP contribution in [0.15, 0.2) is 12.1 Å². The highest BCUT2D eigenvalue weighted by atomic mass is 16.5. The van der Waals surface area contributed by atoms with Gasteiger partial charge in [-0.15, -0.1) is 0 Å². The molecule has 1 N–H and O–H groups in total. The Morgan fingerprint density at radius 2 is 1.89 bits per heavy atom. The number of hydrogen-bond acceptors (Lipinski definition) is 5. The van der Waals surface area contributed by atoms with Gasteiger partial charge in [0.15, 0.2) is 18.1 Å². The molecule has 0 saturated heterocycles. The molecule has 1 aliphatic carbocycles. The van der Waals surface area contributed by atoms with E-state index < -0.39 is 0 Å². The van der Waals surface area contributed by atoms with E-state index in [1.54, 1.807) is 14.2 Å². The standard InChI is InChI=1S/C14H18N2O3/c1-17-12-7-10(9-16-11-3-4-11)8-13(18-2)14(12)19-6-5-15/h7-8,11,16H,3-4,6,9H2,1-2H3. The Kier molecular flexibility index (Phi) is 4.48. The fraction of sp³-hybridized carbons (Fsp3) is 0.500. The van der Waals surface area contributed by atoms with Gasteiger partial charge >= 0.3 is 0 Å². The molecule has 5 heteroatoms. The molecule has 1 aromatic rings. The lowest BCUT2D eigenvalue weighted by molar-refractivity contribution is 0.303. The molecule has 1 aliphatic rings. The lowest BCUT2D eigenvalue weighted by Crippen LogP contribution is -2.15. The van der Waals surface area contributed by atoms with Crippen LogP contribution >= 0.6 is 0 Å². The van der Waals surface area contributed by atoms with Gasteiger partial charge in [-0.05, 0) is 30.5 Å². The Labute approximate surface area is 113 Å². The number of nitrogens with zero attached hydrogens (tertiary/aromatic N) is 1. The summed E-state index contributed by atoms with van der Waals surface area (Å²) in [7, 11) is 3.15. The number of methoxy groups -OCH3 is 2. The van der Waals surface area contributed by atoms with Crippen molar-refractivity contribution in [3.8, 4) is 23.3 Å². The van der Waals surface area contributed by atoms with Crippen LogP contribution in [0.5, 0.6) is 17.2 Å². The molecule has 19 heavy (non-hydrogen) atoms. The summed E-state index contributed by atoms with van der Waals surface area (Å²) in [5.74, 6) is 1.64. The zero-order valence-electron chi connectivity index (χ0n) is 11.2. The largest absolute Gasteiger partial charge is 0.493 e. The van der Waals surface area contributed by atoms with E-state index in [4.69, 9.17) is 19.5 Å². The molecule has 102 valence electrons. The summed E-state index contributed by atoms with van der Waals surface area (Å²) in [4.78, 5) is 0. The molecule has 1 aromatic carbocycles. The van der Waals surface area contributed by atoms with Crippen LogP contribution in [0.1, 0.15) is 18.4 Å². The summed E-state index contributed by atoms with van der Waals surface area (Å²) in [6.45, 7) is 0.738. The van der Waals surface area contributed by atoms with Crippen LogP contribution in [-0.2, 0) is 6.54 Å². The molecule has 0 bridgehead atoms. The third-order valence-corrected chi connectivity index (χ3v) is 2.97. The Bertz CT molecular complexity index is 453. The van der Waals surface area contributed by atoms with Gasteiger partial charge in [-0.25, -0.2) is 0 Å². The maximum Gasteiger partial charge on any atom is 0.204 e. The third-order valence-electron chi connectivity index (χ3n) is 2.97. The van der Waals surface area contributed by atoms with Gasteiger partial charge < -0.3 is 19.5 Å². The highest BCUT2D eigenvalue weighted by Crippen LogP contribution is 2.38. The predicted molar refractivity (Wildman–Crippen MR) is 70.5 cm³/mol. The summed E-state index contributed by atoms with van der Waals surface area (Å²) in [6.07, 6.45) is 2.50. The van der Waals surface area contributed by atoms with Crippen molar-refractivity contribution < 1.29 is 14.2 Å². The number of hydrogen-bond donors (Lipinski definition) is 1. The zero-order chi connectivity index (χ0) is 13.7. The normalized spacial score (nSPS) is 13.7. The molecule has 0 radical (unpaired) electrons. The van der Waals surface area contributed by atoms with E-state index in [9.17, 15) is 0 Å². The number of nitrogens with one attached hydrogen (secondary N) is 1. The van der Waals surface area contributed by atoms with Crippen molar-refractivity contribution in [3.63, 3.8) is 0 Å². The Balaban J connectivity index is 2.19. The van der Waals surface area contributed by atoms with Crippen LogP contribution in [0.2, 0.25) is 0 Å². The molecule has 0 spiro atoms. The number of nitriles is 1. The minimum absolute atomic E-state index is 0.0353. The maximum absolute atomic E-state index is 8.59. The van der Waals surface area contributed by atoms with Crippen LogP contribution in [-0.4, -0.2) is 26.9 Å². The second-order valence-electron chi connectivity index (χ2n) is 4.43. The highest BCUT2D eigenvalue weighted by molar-refractivity contribution is 5.54. The van der Waals surface area contributed by atoms with Crippen LogP contribution in [0.3, 0.4) is 0 Å². The zero-order valence-corrected chi connectivity index (χ0v) is 11.2. The average Bonchev–Trinajstić information content (AvgIpc) is 3.26. The van der Waals surface area contributed by atoms with Gasteiger partial charge in [0.2, 0.25) is 5.75 Å². The topological polar surface area (TPSA) is 63.5 Å². The summed E-state index contributed by atoms with van der Waals surface area (Å²) in [5, 5.41) is 12.0. The van der Waals surface area contributed by atoms with Crippen molar-refractivity contribution in [1.29, 1.82) is 5.26 Å². The average molecular weight is 262 g/mol. The summed E-state index contributed by atoms with van der Waals surface area (Å²) >= 11 is 0. The SMILES string of the molecule is COc1cc(CNC2CC2)cc(OC)c1OCC#N. The first-order chi connectivity index (χ1) is 9.28. The first-order valence-electron chi connectivity index (χ1n) is 6.26. The molecule has 0 amide bonds. The Morgan fingerprint density at radius 1 is 1.26 bits per heavy atom. The van der Waals surface area contributed by atoms with Crippen LogP contribution in [0.4, 0.5) is 0 Å². The number of ether oxygens (including phenoxy) is 3. The van der Waals surface area contributed by atoms with Gasteiger partial charge in [0.25, 0.3) is 0 Å². The minimum Gasteiger partial charge on any atom is -0.493 e. The van der Waals surface area contributed by atoms with Gasteiger partial charge in [-0.1, -0.05) is 0 Å². The molecule has 0 aromatic heterocycles. The third kappa shape index (κ3) is 3.52. The predicted octanol–water partition coefficient (Wildman–Crippen LogP) is 1.86. The lowest BCUT2D eigenvalue weighted by Gasteiger charge is -2.15. The van der Waals surface area contributed by atoms with Gasteiger partial charge in [-0.3, -0.25) is 0 Å². The molecule has 0 heterocycles. The molecule has 5 nitrogen and oxygen atoms in total. The molecule has 1 fully saturated rings. The fourth-order valence-electron chi connectivity index (χ4n) is 1.83. The van der Waals surface area contributed by atoms with Gasteiger partial charge in [0, 0.05) is 12.6 Å². The van der Waals surface area contributed by atoms with E-state index in [2.05, 4.69) is 5.32 Å². The first-order valence-corrected chi connectivity index (χ1v) is 6.26. The second-order valence-corrected chi connectivity index (χ2v) is 4.43. The van der Waals surface area contributed by atoms with E-state index in [1.165, 1.54) is 12.8 Å². The van der Waals surface area contributed by atoms with Crippen molar-refractivity contribution in [3.05, 3.63) is 17.7 Å². The van der Waals surface area contributed by atoms with Crippen molar-refractivity contribution in [2.45, 2.75) is 25.4 Å². The molecule has 0 aliphatic heterocycles. The van der Waals surface area contributed by atoms with Crippen molar-refractivity contribution in [2.75, 3.05) is 20.8 Å². The fourth-order valence-corrected chi connectivity index (χ4v) is 1.83. The van der Waals surface area contributed by atoms with Crippen molar-refractivity contribution in [1.82, 2.24) is 5.32 Å². The monoisotopic (exact) mass is 262 g/mol. The quantitative estimate of drug-likeness (QED) is 0.812. The van der Waals surface area contributed by atoms with E-state index >= 15 is 0 Å². The van der Waals surface area contributed by atoms with E-state index in [0.29, 0.717) is 23.3 Å². The number of benzene rings is 1. The molecular formula is C14H18N2O3. The second kappa shape index (κ2) is 6.30. The van der Waals surface area contributed by atoms with E-state index in [0.717, 1.165) is 12.1 Å². The van der Waals surface area contributed by atoms with Gasteiger partial charge in [-0.2, -0.15) is 5.26 Å². The summed E-state index contributed by atoms with van der Waals surface area (Å²) < 4.78 is 16.0. The van der Waals surface area contributed by atoms with E-state index in [1.807, 2.05) is 18.2 Å². The number of rotatable bonds is 7. The highest BCUT2D eigenvalue weighted by Gasteiger charge is 2.21. The summed E-state index contributed by atoms with van der Waals surface area (Å²) in [5.41, 5.74) is 1.07. The minimum atomic E-state index is -0.0353. The Hall–Kier alpha value is -1.93. The first kappa shape index (κ1) is 13.5. The lowest BCUT2D eigenvalue weighted by atomic mass is 10.1. The smallest absolute Gasteiger partial charge is 0.204 e. The van der Waals surface area contributed by atoms with Gasteiger partial charge in [0.1, 0.15) is 6.07 Å². The molecule has 1 saturated carbocycles. The molecule has 0 unspecified atom stereocenters. The van der Waals surface area contributed by atoms with E-state index in [-0.39, 0.29) is 6.61 Å².